The first kappa shape index (κ1) is 16.1. The Hall–Kier alpha value is -1.72. The van der Waals surface area contributed by atoms with Gasteiger partial charge in [-0.25, -0.2) is 4.90 Å². The van der Waals surface area contributed by atoms with E-state index in [4.69, 9.17) is 0 Å². The molecule has 2 amide bonds. The molecule has 0 unspecified atom stereocenters. The minimum absolute atomic E-state index is 0.0665. The molecule has 0 saturated carbocycles. The fraction of sp³-hybridized carbons (Fsp3) is 0.556. The number of nitrogens with zero attached hydrogens (tertiary/aromatic N) is 3. The smallest absolute Gasteiger partial charge is 0.251 e. The third-order valence-electron chi connectivity index (χ3n) is 5.17. The molecule has 2 saturated heterocycles. The van der Waals surface area contributed by atoms with E-state index in [9.17, 15) is 9.59 Å². The van der Waals surface area contributed by atoms with Crippen molar-refractivity contribution in [2.75, 3.05) is 37.6 Å². The number of carbonyl (C=O) groups excluding carboxylic acids is 2. The molecule has 23 heavy (non-hydrogen) atoms. The second kappa shape index (κ2) is 6.42. The van der Waals surface area contributed by atoms with Gasteiger partial charge in [0.25, 0.3) is 5.91 Å². The Morgan fingerprint density at radius 1 is 1.04 bits per heavy atom. The van der Waals surface area contributed by atoms with Crippen LogP contribution in [0.15, 0.2) is 18.2 Å². The lowest BCUT2D eigenvalue weighted by Gasteiger charge is -2.36. The molecule has 3 rings (SSSR count). The summed E-state index contributed by atoms with van der Waals surface area (Å²) in [6.45, 7) is 10.9. The number of aryl methyl sites for hydroxylation is 2. The SMILES string of the molecule is CCN1CCN([C@@H]2CC(=O)N(c3ccc(C)c(C)c3)C2=O)CC1. The van der Waals surface area contributed by atoms with Crippen molar-refractivity contribution in [3.63, 3.8) is 0 Å². The summed E-state index contributed by atoms with van der Waals surface area (Å²) in [6, 6.07) is 5.49. The predicted molar refractivity (Wildman–Crippen MR) is 90.5 cm³/mol. The summed E-state index contributed by atoms with van der Waals surface area (Å²) >= 11 is 0. The maximum absolute atomic E-state index is 12.8. The van der Waals surface area contributed by atoms with Crippen LogP contribution in [0, 0.1) is 13.8 Å². The number of imide groups is 1. The summed E-state index contributed by atoms with van der Waals surface area (Å²) in [6.07, 6.45) is 0.303. The van der Waals surface area contributed by atoms with E-state index in [-0.39, 0.29) is 17.9 Å². The maximum atomic E-state index is 12.8. The number of rotatable bonds is 3. The van der Waals surface area contributed by atoms with E-state index >= 15 is 0 Å². The third kappa shape index (κ3) is 3.03. The molecule has 0 bridgehead atoms. The average molecular weight is 315 g/mol. The molecular formula is C18H25N3O2. The zero-order valence-electron chi connectivity index (χ0n) is 14.2. The lowest BCUT2D eigenvalue weighted by molar-refractivity contribution is -0.123. The number of piperazine rings is 1. The van der Waals surface area contributed by atoms with Gasteiger partial charge in [-0.3, -0.25) is 14.5 Å². The van der Waals surface area contributed by atoms with Gasteiger partial charge in [-0.05, 0) is 43.7 Å². The Balaban J connectivity index is 1.76. The maximum Gasteiger partial charge on any atom is 0.251 e. The van der Waals surface area contributed by atoms with Crippen molar-refractivity contribution >= 4 is 17.5 Å². The number of carbonyl (C=O) groups is 2. The molecule has 5 heteroatoms. The minimum Gasteiger partial charge on any atom is -0.301 e. The van der Waals surface area contributed by atoms with E-state index < -0.39 is 0 Å². The standard InChI is InChI=1S/C18H25N3O2/c1-4-19-7-9-20(10-8-19)16-12-17(22)21(18(16)23)15-6-5-13(2)14(3)11-15/h5-6,11,16H,4,7-10,12H2,1-3H3/t16-/m1/s1. The number of anilines is 1. The van der Waals surface area contributed by atoms with Gasteiger partial charge in [0, 0.05) is 26.2 Å². The summed E-state index contributed by atoms with van der Waals surface area (Å²) in [5.74, 6) is -0.149. The number of hydrogen-bond donors (Lipinski definition) is 0. The van der Waals surface area contributed by atoms with E-state index in [0.717, 1.165) is 38.3 Å². The Labute approximate surface area is 137 Å². The van der Waals surface area contributed by atoms with Gasteiger partial charge >= 0.3 is 0 Å². The van der Waals surface area contributed by atoms with Crippen LogP contribution in [0.25, 0.3) is 0 Å². The lowest BCUT2D eigenvalue weighted by atomic mass is 10.1. The first-order valence-electron chi connectivity index (χ1n) is 8.41. The van der Waals surface area contributed by atoms with Crippen LogP contribution in [0.5, 0.6) is 0 Å². The highest BCUT2D eigenvalue weighted by atomic mass is 16.2. The van der Waals surface area contributed by atoms with E-state index in [1.165, 1.54) is 10.5 Å². The molecule has 0 aromatic heterocycles. The molecule has 2 aliphatic rings. The Morgan fingerprint density at radius 2 is 1.74 bits per heavy atom. The molecule has 0 spiro atoms. The second-order valence-corrected chi connectivity index (χ2v) is 6.53. The Kier molecular flexibility index (Phi) is 4.50. The number of likely N-dealkylation sites (N-methyl/N-ethyl adjacent to an activating group) is 1. The molecular weight excluding hydrogens is 290 g/mol. The second-order valence-electron chi connectivity index (χ2n) is 6.53. The molecule has 0 radical (unpaired) electrons. The molecule has 0 aliphatic carbocycles. The molecule has 0 N–H and O–H groups in total. The minimum atomic E-state index is -0.289. The van der Waals surface area contributed by atoms with Crippen molar-refractivity contribution in [1.82, 2.24) is 9.80 Å². The first-order valence-corrected chi connectivity index (χ1v) is 8.41. The third-order valence-corrected chi connectivity index (χ3v) is 5.17. The quantitative estimate of drug-likeness (QED) is 0.794. The normalized spacial score (nSPS) is 23.8. The average Bonchev–Trinajstić information content (AvgIpc) is 2.85. The zero-order valence-corrected chi connectivity index (χ0v) is 14.2. The molecule has 5 nitrogen and oxygen atoms in total. The number of benzene rings is 1. The molecule has 2 aliphatic heterocycles. The largest absolute Gasteiger partial charge is 0.301 e. The molecule has 2 heterocycles. The van der Waals surface area contributed by atoms with Gasteiger partial charge < -0.3 is 4.90 Å². The van der Waals surface area contributed by atoms with Gasteiger partial charge in [-0.2, -0.15) is 0 Å². The summed E-state index contributed by atoms with van der Waals surface area (Å²) in [5.41, 5.74) is 2.97. The van der Waals surface area contributed by atoms with Crippen molar-refractivity contribution in [3.05, 3.63) is 29.3 Å². The van der Waals surface area contributed by atoms with Crippen LogP contribution >= 0.6 is 0 Å². The predicted octanol–water partition coefficient (Wildman–Crippen LogP) is 1.57. The van der Waals surface area contributed by atoms with Crippen LogP contribution in [0.4, 0.5) is 5.69 Å². The first-order chi connectivity index (χ1) is 11.0. The Morgan fingerprint density at radius 3 is 2.35 bits per heavy atom. The highest BCUT2D eigenvalue weighted by molar-refractivity contribution is 6.22. The van der Waals surface area contributed by atoms with Crippen molar-refractivity contribution in [2.24, 2.45) is 0 Å². The Bertz CT molecular complexity index is 621. The fourth-order valence-electron chi connectivity index (χ4n) is 3.43. The molecule has 1 atom stereocenters. The highest BCUT2D eigenvalue weighted by Crippen LogP contribution is 2.27. The van der Waals surface area contributed by atoms with Gasteiger partial charge in [-0.1, -0.05) is 13.0 Å². The summed E-state index contributed by atoms with van der Waals surface area (Å²) in [7, 11) is 0. The molecule has 124 valence electrons. The van der Waals surface area contributed by atoms with Crippen LogP contribution in [-0.4, -0.2) is 60.4 Å². The molecule has 1 aromatic rings. The fourth-order valence-corrected chi connectivity index (χ4v) is 3.43. The zero-order chi connectivity index (χ0) is 16.6. The van der Waals surface area contributed by atoms with Crippen molar-refractivity contribution in [1.29, 1.82) is 0 Å². The van der Waals surface area contributed by atoms with Gasteiger partial charge in [0.2, 0.25) is 5.91 Å². The summed E-state index contributed by atoms with van der Waals surface area (Å²) in [5, 5.41) is 0. The van der Waals surface area contributed by atoms with Crippen molar-refractivity contribution in [2.45, 2.75) is 33.2 Å². The van der Waals surface area contributed by atoms with Crippen LogP contribution in [0.1, 0.15) is 24.5 Å². The van der Waals surface area contributed by atoms with Gasteiger partial charge in [0.1, 0.15) is 0 Å². The van der Waals surface area contributed by atoms with Crippen LogP contribution in [0.2, 0.25) is 0 Å². The van der Waals surface area contributed by atoms with Crippen molar-refractivity contribution in [3.8, 4) is 0 Å². The van der Waals surface area contributed by atoms with E-state index in [1.807, 2.05) is 32.0 Å². The van der Waals surface area contributed by atoms with Gasteiger partial charge in [-0.15, -0.1) is 0 Å². The van der Waals surface area contributed by atoms with Crippen LogP contribution in [0.3, 0.4) is 0 Å². The number of amides is 2. The number of hydrogen-bond acceptors (Lipinski definition) is 4. The van der Waals surface area contributed by atoms with Crippen molar-refractivity contribution < 1.29 is 9.59 Å². The van der Waals surface area contributed by atoms with Crippen LogP contribution in [-0.2, 0) is 9.59 Å². The lowest BCUT2D eigenvalue weighted by Crippen LogP contribution is -2.52. The van der Waals surface area contributed by atoms with Gasteiger partial charge in [0.05, 0.1) is 18.2 Å². The molecule has 1 aromatic carbocycles. The summed E-state index contributed by atoms with van der Waals surface area (Å²) in [4.78, 5) is 31.2. The molecule has 2 fully saturated rings. The highest BCUT2D eigenvalue weighted by Gasteiger charge is 2.43. The summed E-state index contributed by atoms with van der Waals surface area (Å²) < 4.78 is 0. The van der Waals surface area contributed by atoms with Crippen LogP contribution < -0.4 is 4.90 Å². The van der Waals surface area contributed by atoms with E-state index in [0.29, 0.717) is 12.1 Å². The van der Waals surface area contributed by atoms with E-state index in [1.54, 1.807) is 0 Å². The van der Waals surface area contributed by atoms with E-state index in [2.05, 4.69) is 16.7 Å². The monoisotopic (exact) mass is 315 g/mol. The van der Waals surface area contributed by atoms with Gasteiger partial charge in [0.15, 0.2) is 0 Å². The topological polar surface area (TPSA) is 43.9 Å².